The van der Waals surface area contributed by atoms with Crippen molar-refractivity contribution in [2.45, 2.75) is 95.2 Å². The molecule has 35 heavy (non-hydrogen) atoms. The number of carbonyl (C=O) groups excluding carboxylic acids is 1. The van der Waals surface area contributed by atoms with Crippen LogP contribution in [0.25, 0.3) is 0 Å². The molecular formula is C27H37N3O4S. The zero-order valence-corrected chi connectivity index (χ0v) is 22.1. The summed E-state index contributed by atoms with van der Waals surface area (Å²) in [6, 6.07) is 10.3. The molecule has 1 aliphatic carbocycles. The Labute approximate surface area is 209 Å². The topological polar surface area (TPSA) is 79.8 Å². The summed E-state index contributed by atoms with van der Waals surface area (Å²) in [5, 5.41) is 0. The van der Waals surface area contributed by atoms with Gasteiger partial charge >= 0.3 is 6.09 Å². The van der Waals surface area contributed by atoms with Crippen LogP contribution in [-0.4, -0.2) is 42.0 Å². The summed E-state index contributed by atoms with van der Waals surface area (Å²) in [5.74, 6) is 0.518. The van der Waals surface area contributed by atoms with Crippen LogP contribution in [-0.2, 0) is 14.8 Å². The summed E-state index contributed by atoms with van der Waals surface area (Å²) in [5.41, 5.74) is 1.13. The number of pyridine rings is 1. The van der Waals surface area contributed by atoms with Gasteiger partial charge in [0.25, 0.3) is 0 Å². The molecule has 7 nitrogen and oxygen atoms in total. The third-order valence-electron chi connectivity index (χ3n) is 6.77. The van der Waals surface area contributed by atoms with E-state index >= 15 is 0 Å². The number of benzene rings is 1. The van der Waals surface area contributed by atoms with Gasteiger partial charge in [-0.3, -0.25) is 4.90 Å². The van der Waals surface area contributed by atoms with E-state index in [0.717, 1.165) is 49.7 Å². The number of aromatic nitrogens is 1. The Bertz CT molecular complexity index is 1140. The summed E-state index contributed by atoms with van der Waals surface area (Å²) < 4.78 is 34.9. The van der Waals surface area contributed by atoms with Gasteiger partial charge in [0.2, 0.25) is 10.0 Å². The first-order valence-electron chi connectivity index (χ1n) is 12.6. The average Bonchev–Trinajstić information content (AvgIpc) is 3.33. The van der Waals surface area contributed by atoms with Gasteiger partial charge in [-0.15, -0.1) is 0 Å². The Morgan fingerprint density at radius 3 is 2.34 bits per heavy atom. The fourth-order valence-corrected chi connectivity index (χ4v) is 6.78. The molecule has 1 saturated carbocycles. The van der Waals surface area contributed by atoms with Crippen molar-refractivity contribution < 1.29 is 17.9 Å². The maximum atomic E-state index is 13.7. The van der Waals surface area contributed by atoms with Crippen LogP contribution < -0.4 is 4.90 Å². The number of piperidine rings is 1. The van der Waals surface area contributed by atoms with E-state index in [-0.39, 0.29) is 6.04 Å². The molecule has 190 valence electrons. The van der Waals surface area contributed by atoms with Gasteiger partial charge in [0.05, 0.1) is 10.9 Å². The maximum absolute atomic E-state index is 13.7. The van der Waals surface area contributed by atoms with E-state index in [9.17, 15) is 13.2 Å². The predicted octanol–water partition coefficient (Wildman–Crippen LogP) is 5.99. The van der Waals surface area contributed by atoms with Gasteiger partial charge in [-0.1, -0.05) is 43.0 Å². The summed E-state index contributed by atoms with van der Waals surface area (Å²) in [7, 11) is -3.72. The second-order valence-corrected chi connectivity index (χ2v) is 12.5. The maximum Gasteiger partial charge on any atom is 0.416 e. The van der Waals surface area contributed by atoms with Gasteiger partial charge in [0, 0.05) is 24.3 Å². The molecule has 1 aliphatic heterocycles. The summed E-state index contributed by atoms with van der Waals surface area (Å²) in [6.07, 6.45) is 7.49. The standard InChI is InChI=1S/C27H37N3O4S/c1-20-14-16-22(17-15-20)35(32,33)29-19-8-7-13-24(29)23-12-9-18-28-25(23)30(21-10-5-6-11-21)26(31)34-27(2,3)4/h9,12,14-18,21,24H,5-8,10-11,13,19H2,1-4H3. The highest BCUT2D eigenvalue weighted by atomic mass is 32.2. The molecule has 1 aromatic carbocycles. The molecule has 1 unspecified atom stereocenters. The summed E-state index contributed by atoms with van der Waals surface area (Å²) >= 11 is 0. The monoisotopic (exact) mass is 499 g/mol. The van der Waals surface area contributed by atoms with Crippen LogP contribution in [0.1, 0.15) is 82.9 Å². The van der Waals surface area contributed by atoms with E-state index in [1.54, 1.807) is 27.5 Å². The molecule has 1 amide bonds. The minimum Gasteiger partial charge on any atom is -0.443 e. The van der Waals surface area contributed by atoms with Gasteiger partial charge in [-0.25, -0.2) is 18.2 Å². The number of sulfonamides is 1. The highest BCUT2D eigenvalue weighted by molar-refractivity contribution is 7.89. The number of hydrogen-bond acceptors (Lipinski definition) is 5. The van der Waals surface area contributed by atoms with E-state index < -0.39 is 27.8 Å². The Morgan fingerprint density at radius 2 is 1.69 bits per heavy atom. The van der Waals surface area contributed by atoms with Crippen molar-refractivity contribution in [3.8, 4) is 0 Å². The molecule has 1 atom stereocenters. The van der Waals surface area contributed by atoms with Gasteiger partial charge in [-0.2, -0.15) is 4.31 Å². The minimum atomic E-state index is -3.72. The normalized spacial score (nSPS) is 20.1. The Hall–Kier alpha value is -2.45. The third kappa shape index (κ3) is 5.70. The smallest absolute Gasteiger partial charge is 0.416 e. The fourth-order valence-electron chi connectivity index (χ4n) is 5.10. The number of aryl methyl sites for hydroxylation is 1. The number of nitrogens with zero attached hydrogens (tertiary/aromatic N) is 3. The van der Waals surface area contributed by atoms with E-state index in [1.165, 1.54) is 0 Å². The van der Waals surface area contributed by atoms with Crippen molar-refractivity contribution in [1.82, 2.24) is 9.29 Å². The number of hydrogen-bond donors (Lipinski definition) is 0. The van der Waals surface area contributed by atoms with Crippen LogP contribution in [0.15, 0.2) is 47.5 Å². The van der Waals surface area contributed by atoms with E-state index in [0.29, 0.717) is 23.7 Å². The SMILES string of the molecule is Cc1ccc(S(=O)(=O)N2CCCCC2c2cccnc2N(C(=O)OC(C)(C)C)C2CCCC2)cc1. The number of anilines is 1. The zero-order valence-electron chi connectivity index (χ0n) is 21.2. The lowest BCUT2D eigenvalue weighted by Gasteiger charge is -2.38. The molecule has 1 aromatic heterocycles. The molecule has 8 heteroatoms. The van der Waals surface area contributed by atoms with Crippen molar-refractivity contribution in [3.05, 3.63) is 53.7 Å². The zero-order chi connectivity index (χ0) is 25.2. The Kier molecular flexibility index (Phi) is 7.52. The fraction of sp³-hybridized carbons (Fsp3) is 0.556. The first-order valence-corrected chi connectivity index (χ1v) is 14.1. The molecule has 0 spiro atoms. The number of rotatable bonds is 5. The highest BCUT2D eigenvalue weighted by Gasteiger charge is 2.39. The molecule has 2 heterocycles. The quantitative estimate of drug-likeness (QED) is 0.505. The van der Waals surface area contributed by atoms with Crippen molar-refractivity contribution in [3.63, 3.8) is 0 Å². The molecule has 0 N–H and O–H groups in total. The second-order valence-electron chi connectivity index (χ2n) is 10.6. The molecule has 0 bridgehead atoms. The largest absolute Gasteiger partial charge is 0.443 e. The predicted molar refractivity (Wildman–Crippen MR) is 137 cm³/mol. The van der Waals surface area contributed by atoms with Crippen LogP contribution in [0.2, 0.25) is 0 Å². The van der Waals surface area contributed by atoms with Gasteiger partial charge in [0.15, 0.2) is 0 Å². The van der Waals surface area contributed by atoms with Crippen molar-refractivity contribution in [1.29, 1.82) is 0 Å². The average molecular weight is 500 g/mol. The molecule has 2 fully saturated rings. The lowest BCUT2D eigenvalue weighted by Crippen LogP contribution is -2.45. The van der Waals surface area contributed by atoms with Crippen LogP contribution in [0.5, 0.6) is 0 Å². The number of ether oxygens (including phenoxy) is 1. The van der Waals surface area contributed by atoms with Crippen LogP contribution >= 0.6 is 0 Å². The van der Waals surface area contributed by atoms with Crippen molar-refractivity contribution in [2.24, 2.45) is 0 Å². The van der Waals surface area contributed by atoms with Crippen LogP contribution in [0.4, 0.5) is 10.6 Å². The highest BCUT2D eigenvalue weighted by Crippen LogP contribution is 2.40. The van der Waals surface area contributed by atoms with E-state index in [2.05, 4.69) is 4.98 Å². The lowest BCUT2D eigenvalue weighted by atomic mass is 9.97. The first-order chi connectivity index (χ1) is 16.6. The molecule has 1 saturated heterocycles. The molecule has 4 rings (SSSR count). The van der Waals surface area contributed by atoms with Crippen molar-refractivity contribution in [2.75, 3.05) is 11.4 Å². The summed E-state index contributed by atoms with van der Waals surface area (Å²) in [6.45, 7) is 7.94. The minimum absolute atomic E-state index is 0.00996. The van der Waals surface area contributed by atoms with Gasteiger partial charge in [-0.05, 0) is 71.6 Å². The van der Waals surface area contributed by atoms with Crippen LogP contribution in [0.3, 0.4) is 0 Å². The summed E-state index contributed by atoms with van der Waals surface area (Å²) in [4.78, 5) is 20.1. The number of amides is 1. The third-order valence-corrected chi connectivity index (χ3v) is 8.69. The van der Waals surface area contributed by atoms with Gasteiger partial charge < -0.3 is 4.74 Å². The van der Waals surface area contributed by atoms with Gasteiger partial charge in [0.1, 0.15) is 11.4 Å². The Balaban J connectivity index is 1.76. The lowest BCUT2D eigenvalue weighted by molar-refractivity contribution is 0.0564. The van der Waals surface area contributed by atoms with E-state index in [4.69, 9.17) is 4.74 Å². The van der Waals surface area contributed by atoms with Crippen LogP contribution in [0, 0.1) is 6.92 Å². The molecular weight excluding hydrogens is 462 g/mol. The van der Waals surface area contributed by atoms with Crippen molar-refractivity contribution >= 4 is 21.9 Å². The molecule has 2 aromatic rings. The molecule has 2 aliphatic rings. The van der Waals surface area contributed by atoms with E-state index in [1.807, 2.05) is 52.0 Å². The Morgan fingerprint density at radius 1 is 1.03 bits per heavy atom. The molecule has 0 radical (unpaired) electrons. The first kappa shape index (κ1) is 25.6. The second kappa shape index (κ2) is 10.3. The number of carbonyl (C=O) groups is 1.